The number of aryl methyl sites for hydroxylation is 1. The zero-order valence-electron chi connectivity index (χ0n) is 14.9. The second-order valence-electron chi connectivity index (χ2n) is 6.27. The van der Waals surface area contributed by atoms with Gasteiger partial charge in [0.15, 0.2) is 0 Å². The summed E-state index contributed by atoms with van der Waals surface area (Å²) in [5, 5.41) is 9.56. The number of hydrogen-bond donors (Lipinski definition) is 1. The van der Waals surface area contributed by atoms with E-state index in [0.29, 0.717) is 17.4 Å². The number of aromatic nitrogens is 4. The normalized spacial score (nSPS) is 11.1. The molecule has 0 fully saturated rings. The van der Waals surface area contributed by atoms with Gasteiger partial charge < -0.3 is 9.88 Å². The van der Waals surface area contributed by atoms with Crippen LogP contribution in [0.5, 0.6) is 0 Å². The van der Waals surface area contributed by atoms with E-state index in [-0.39, 0.29) is 24.4 Å². The van der Waals surface area contributed by atoms with E-state index in [9.17, 15) is 9.59 Å². The van der Waals surface area contributed by atoms with Crippen molar-refractivity contribution >= 4 is 33.4 Å². The van der Waals surface area contributed by atoms with Crippen LogP contribution in [0.3, 0.4) is 0 Å². The molecule has 0 bridgehead atoms. The molecular weight excluding hydrogens is 342 g/mol. The number of anilines is 1. The molecule has 1 amide bonds. The molecule has 2 aromatic carbocycles. The van der Waals surface area contributed by atoms with Gasteiger partial charge in [-0.25, -0.2) is 4.68 Å². The van der Waals surface area contributed by atoms with Crippen LogP contribution in [0.15, 0.2) is 59.5 Å². The summed E-state index contributed by atoms with van der Waals surface area (Å²) < 4.78 is 1.25. The Morgan fingerprint density at radius 3 is 2.89 bits per heavy atom. The van der Waals surface area contributed by atoms with E-state index >= 15 is 0 Å². The summed E-state index contributed by atoms with van der Waals surface area (Å²) in [6, 6.07) is 14.9. The number of carbonyl (C=O) groups excluding carboxylic acids is 1. The molecule has 0 aliphatic carbocycles. The van der Waals surface area contributed by atoms with Crippen LogP contribution in [0.1, 0.15) is 13.3 Å². The highest BCUT2D eigenvalue weighted by atomic mass is 16.2. The minimum absolute atomic E-state index is 0.0609. The van der Waals surface area contributed by atoms with Crippen LogP contribution in [0.2, 0.25) is 0 Å². The number of rotatable bonds is 5. The number of hydrogen-bond acceptors (Lipinski definition) is 4. The minimum atomic E-state index is -0.231. The lowest BCUT2D eigenvalue weighted by Crippen LogP contribution is -2.33. The smallest absolute Gasteiger partial charge is 0.277 e. The van der Waals surface area contributed by atoms with Gasteiger partial charge in [0.05, 0.1) is 11.9 Å². The highest BCUT2D eigenvalue weighted by molar-refractivity contribution is 5.95. The molecule has 0 spiro atoms. The van der Waals surface area contributed by atoms with E-state index in [0.717, 1.165) is 16.6 Å². The predicted molar refractivity (Wildman–Crippen MR) is 105 cm³/mol. The van der Waals surface area contributed by atoms with Gasteiger partial charge >= 0.3 is 0 Å². The average molecular weight is 361 g/mol. The summed E-state index contributed by atoms with van der Waals surface area (Å²) in [6.07, 6.45) is 2.04. The first-order chi connectivity index (χ1) is 13.2. The fourth-order valence-electron chi connectivity index (χ4n) is 3.22. The highest BCUT2D eigenvalue weighted by Crippen LogP contribution is 2.22. The Hall–Kier alpha value is -3.48. The monoisotopic (exact) mass is 361 g/mol. The van der Waals surface area contributed by atoms with E-state index < -0.39 is 0 Å². The van der Waals surface area contributed by atoms with E-state index in [1.54, 1.807) is 23.1 Å². The van der Waals surface area contributed by atoms with Gasteiger partial charge in [0.1, 0.15) is 5.52 Å². The number of H-pyrrole nitrogens is 1. The van der Waals surface area contributed by atoms with Gasteiger partial charge in [-0.05, 0) is 43.3 Å². The molecule has 1 N–H and O–H groups in total. The maximum atomic E-state index is 12.8. The number of nitrogens with zero attached hydrogens (tertiary/aromatic N) is 4. The second-order valence-corrected chi connectivity index (χ2v) is 6.27. The molecule has 0 saturated carbocycles. The first-order valence-electron chi connectivity index (χ1n) is 8.87. The maximum Gasteiger partial charge on any atom is 0.277 e. The first kappa shape index (κ1) is 17.0. The van der Waals surface area contributed by atoms with Crippen molar-refractivity contribution in [3.63, 3.8) is 0 Å². The van der Waals surface area contributed by atoms with Crippen molar-refractivity contribution in [2.75, 3.05) is 11.4 Å². The SMILES string of the molecule is CCN(C(=O)CCn1nnc2ccccc2c1=O)c1ccc2[nH]ccc2c1. The maximum absolute atomic E-state index is 12.8. The van der Waals surface area contributed by atoms with Gasteiger partial charge in [-0.3, -0.25) is 9.59 Å². The van der Waals surface area contributed by atoms with Crippen LogP contribution < -0.4 is 10.5 Å². The van der Waals surface area contributed by atoms with Crippen molar-refractivity contribution in [2.24, 2.45) is 0 Å². The fraction of sp³-hybridized carbons (Fsp3) is 0.200. The largest absolute Gasteiger partial charge is 0.361 e. The summed E-state index contributed by atoms with van der Waals surface area (Å²) in [7, 11) is 0. The summed E-state index contributed by atoms with van der Waals surface area (Å²) in [4.78, 5) is 30.1. The van der Waals surface area contributed by atoms with Crippen molar-refractivity contribution in [3.05, 3.63) is 65.1 Å². The fourth-order valence-corrected chi connectivity index (χ4v) is 3.22. The topological polar surface area (TPSA) is 83.9 Å². The lowest BCUT2D eigenvalue weighted by molar-refractivity contribution is -0.118. The van der Waals surface area contributed by atoms with E-state index in [1.165, 1.54) is 4.68 Å². The van der Waals surface area contributed by atoms with Crippen LogP contribution in [0, 0.1) is 0 Å². The third kappa shape index (κ3) is 3.19. The van der Waals surface area contributed by atoms with Gasteiger partial charge in [0, 0.05) is 35.8 Å². The minimum Gasteiger partial charge on any atom is -0.361 e. The van der Waals surface area contributed by atoms with Crippen molar-refractivity contribution in [1.29, 1.82) is 0 Å². The van der Waals surface area contributed by atoms with Gasteiger partial charge in [-0.2, -0.15) is 0 Å². The molecule has 2 heterocycles. The molecule has 4 aromatic rings. The second kappa shape index (κ2) is 7.03. The third-order valence-corrected chi connectivity index (χ3v) is 4.63. The summed E-state index contributed by atoms with van der Waals surface area (Å²) >= 11 is 0. The van der Waals surface area contributed by atoms with E-state index in [1.807, 2.05) is 43.5 Å². The lowest BCUT2D eigenvalue weighted by atomic mass is 10.2. The summed E-state index contributed by atoms with van der Waals surface area (Å²) in [5.74, 6) is -0.0609. The molecule has 0 unspecified atom stereocenters. The molecule has 7 heteroatoms. The van der Waals surface area contributed by atoms with Gasteiger partial charge in [-0.1, -0.05) is 17.3 Å². The zero-order chi connectivity index (χ0) is 18.8. The number of aromatic amines is 1. The van der Waals surface area contributed by atoms with Crippen molar-refractivity contribution in [2.45, 2.75) is 19.9 Å². The number of amides is 1. The Morgan fingerprint density at radius 2 is 2.04 bits per heavy atom. The standard InChI is InChI=1S/C20H19N5O2/c1-2-24(15-7-8-17-14(13-15)9-11-21-17)19(26)10-12-25-20(27)16-5-3-4-6-18(16)22-23-25/h3-9,11,13,21H,2,10,12H2,1H3. The lowest BCUT2D eigenvalue weighted by Gasteiger charge is -2.21. The Morgan fingerprint density at radius 1 is 1.19 bits per heavy atom. The van der Waals surface area contributed by atoms with Gasteiger partial charge in [0.25, 0.3) is 5.56 Å². The molecule has 27 heavy (non-hydrogen) atoms. The number of carbonyl (C=O) groups is 1. The zero-order valence-corrected chi connectivity index (χ0v) is 14.9. The van der Waals surface area contributed by atoms with Crippen molar-refractivity contribution in [3.8, 4) is 0 Å². The average Bonchev–Trinajstić information content (AvgIpc) is 3.16. The van der Waals surface area contributed by atoms with Crippen LogP contribution in [-0.2, 0) is 11.3 Å². The molecule has 136 valence electrons. The molecule has 7 nitrogen and oxygen atoms in total. The molecule has 0 aliphatic rings. The van der Waals surface area contributed by atoms with Crippen LogP contribution >= 0.6 is 0 Å². The highest BCUT2D eigenvalue weighted by Gasteiger charge is 2.15. The Kier molecular flexibility index (Phi) is 4.42. The van der Waals surface area contributed by atoms with Gasteiger partial charge in [0.2, 0.25) is 5.91 Å². The number of fused-ring (bicyclic) bond motifs is 2. The van der Waals surface area contributed by atoms with Crippen molar-refractivity contribution < 1.29 is 4.79 Å². The van der Waals surface area contributed by atoms with Gasteiger partial charge in [-0.15, -0.1) is 5.10 Å². The Labute approximate surface area is 155 Å². The summed E-state index contributed by atoms with van der Waals surface area (Å²) in [5.41, 5.74) is 2.19. The molecule has 2 aromatic heterocycles. The quantitative estimate of drug-likeness (QED) is 0.592. The van der Waals surface area contributed by atoms with Crippen molar-refractivity contribution in [1.82, 2.24) is 20.0 Å². The molecular formula is C20H19N5O2. The molecule has 4 rings (SSSR count). The molecule has 0 saturated heterocycles. The predicted octanol–water partition coefficient (Wildman–Crippen LogP) is 2.72. The van der Waals surface area contributed by atoms with Crippen LogP contribution in [0.25, 0.3) is 21.8 Å². The first-order valence-corrected chi connectivity index (χ1v) is 8.87. The third-order valence-electron chi connectivity index (χ3n) is 4.63. The van der Waals surface area contributed by atoms with Crippen LogP contribution in [0.4, 0.5) is 5.69 Å². The number of nitrogens with one attached hydrogen (secondary N) is 1. The van der Waals surface area contributed by atoms with E-state index in [4.69, 9.17) is 0 Å². The number of benzene rings is 2. The molecule has 0 radical (unpaired) electrons. The molecule has 0 atom stereocenters. The van der Waals surface area contributed by atoms with E-state index in [2.05, 4.69) is 15.3 Å². The summed E-state index contributed by atoms with van der Waals surface area (Å²) in [6.45, 7) is 2.67. The van der Waals surface area contributed by atoms with Crippen LogP contribution in [-0.4, -0.2) is 32.4 Å². The molecule has 0 aliphatic heterocycles. The Bertz CT molecular complexity index is 1180. The Balaban J connectivity index is 1.54.